The van der Waals surface area contributed by atoms with E-state index in [1.165, 1.54) is 0 Å². The highest BCUT2D eigenvalue weighted by molar-refractivity contribution is 4.91. The number of hydrogen-bond donors (Lipinski definition) is 2. The second-order valence-corrected chi connectivity index (χ2v) is 4.69. The summed E-state index contributed by atoms with van der Waals surface area (Å²) >= 11 is 0. The summed E-state index contributed by atoms with van der Waals surface area (Å²) in [7, 11) is 1.87. The van der Waals surface area contributed by atoms with Crippen molar-refractivity contribution in [3.8, 4) is 0 Å². The van der Waals surface area contributed by atoms with Crippen LogP contribution in [0.2, 0.25) is 0 Å². The minimum atomic E-state index is -0.0590. The molecule has 2 N–H and O–H groups in total. The quantitative estimate of drug-likeness (QED) is 0.779. The molecule has 1 saturated carbocycles. The number of aryl methyl sites for hydroxylation is 1. The predicted octanol–water partition coefficient (Wildman–Crippen LogP) is 0.456. The molecule has 5 nitrogen and oxygen atoms in total. The molecular formula is C11H20N4O. The van der Waals surface area contributed by atoms with Crippen molar-refractivity contribution in [2.24, 2.45) is 13.0 Å². The Morgan fingerprint density at radius 1 is 1.44 bits per heavy atom. The highest BCUT2D eigenvalue weighted by Gasteiger charge is 2.18. The Hall–Kier alpha value is -0.940. The summed E-state index contributed by atoms with van der Waals surface area (Å²) < 4.78 is 1.72. The van der Waals surface area contributed by atoms with Crippen molar-refractivity contribution in [2.75, 3.05) is 6.54 Å². The van der Waals surface area contributed by atoms with E-state index in [1.54, 1.807) is 4.68 Å². The van der Waals surface area contributed by atoms with Crippen LogP contribution in [0.1, 0.15) is 31.4 Å². The van der Waals surface area contributed by atoms with Gasteiger partial charge in [0.2, 0.25) is 0 Å². The van der Waals surface area contributed by atoms with Gasteiger partial charge < -0.3 is 10.4 Å². The second-order valence-electron chi connectivity index (χ2n) is 4.69. The minimum absolute atomic E-state index is 0.0590. The Bertz CT molecular complexity index is 318. The summed E-state index contributed by atoms with van der Waals surface area (Å²) in [5.74, 6) is 0.708. The van der Waals surface area contributed by atoms with Gasteiger partial charge >= 0.3 is 0 Å². The summed E-state index contributed by atoms with van der Waals surface area (Å²) in [6.07, 6.45) is 6.05. The highest BCUT2D eigenvalue weighted by atomic mass is 16.3. The summed E-state index contributed by atoms with van der Waals surface area (Å²) in [6, 6.07) is 0. The Balaban J connectivity index is 1.64. The third-order valence-corrected chi connectivity index (χ3v) is 3.21. The molecule has 0 amide bonds. The number of rotatable bonds is 4. The fourth-order valence-electron chi connectivity index (χ4n) is 2.23. The van der Waals surface area contributed by atoms with Crippen molar-refractivity contribution in [1.29, 1.82) is 0 Å². The van der Waals surface area contributed by atoms with Gasteiger partial charge in [-0.1, -0.05) is 5.21 Å². The van der Waals surface area contributed by atoms with Gasteiger partial charge in [-0.25, -0.2) is 0 Å². The molecule has 0 aliphatic heterocycles. The van der Waals surface area contributed by atoms with Crippen LogP contribution in [-0.2, 0) is 13.6 Å². The van der Waals surface area contributed by atoms with E-state index in [9.17, 15) is 5.11 Å². The lowest BCUT2D eigenvalue weighted by molar-refractivity contribution is 0.108. The molecule has 1 aliphatic carbocycles. The second kappa shape index (κ2) is 5.41. The van der Waals surface area contributed by atoms with Crippen molar-refractivity contribution >= 4 is 0 Å². The van der Waals surface area contributed by atoms with Crippen LogP contribution in [0.15, 0.2) is 6.20 Å². The Morgan fingerprint density at radius 2 is 2.19 bits per heavy atom. The molecule has 1 heterocycles. The van der Waals surface area contributed by atoms with Gasteiger partial charge in [0.15, 0.2) is 0 Å². The molecule has 0 atom stereocenters. The predicted molar refractivity (Wildman–Crippen MR) is 60.7 cm³/mol. The van der Waals surface area contributed by atoms with Crippen molar-refractivity contribution in [1.82, 2.24) is 20.3 Å². The summed E-state index contributed by atoms with van der Waals surface area (Å²) in [4.78, 5) is 0. The fourth-order valence-corrected chi connectivity index (χ4v) is 2.23. The van der Waals surface area contributed by atoms with Gasteiger partial charge in [0.05, 0.1) is 11.8 Å². The third kappa shape index (κ3) is 3.28. The zero-order valence-electron chi connectivity index (χ0n) is 9.76. The van der Waals surface area contributed by atoms with Crippen molar-refractivity contribution in [2.45, 2.75) is 38.3 Å². The molecule has 2 rings (SSSR count). The molecule has 0 aromatic carbocycles. The van der Waals surface area contributed by atoms with Crippen LogP contribution < -0.4 is 5.32 Å². The van der Waals surface area contributed by atoms with Crippen molar-refractivity contribution < 1.29 is 5.11 Å². The molecule has 0 unspecified atom stereocenters. The molecular weight excluding hydrogens is 204 g/mol. The summed E-state index contributed by atoms with van der Waals surface area (Å²) in [5.41, 5.74) is 0.985. The maximum Gasteiger partial charge on any atom is 0.0964 e. The van der Waals surface area contributed by atoms with Gasteiger partial charge in [0.25, 0.3) is 0 Å². The lowest BCUT2D eigenvalue weighted by Crippen LogP contribution is -2.27. The minimum Gasteiger partial charge on any atom is -0.393 e. The monoisotopic (exact) mass is 224 g/mol. The highest BCUT2D eigenvalue weighted by Crippen LogP contribution is 2.23. The van der Waals surface area contributed by atoms with Gasteiger partial charge in [-0.15, -0.1) is 5.10 Å². The first-order chi connectivity index (χ1) is 7.74. The number of nitrogens with one attached hydrogen (secondary N) is 1. The smallest absolute Gasteiger partial charge is 0.0964 e. The van der Waals surface area contributed by atoms with Gasteiger partial charge in [-0.3, -0.25) is 4.68 Å². The molecule has 0 bridgehead atoms. The summed E-state index contributed by atoms with van der Waals surface area (Å²) in [6.45, 7) is 1.80. The van der Waals surface area contributed by atoms with E-state index >= 15 is 0 Å². The van der Waals surface area contributed by atoms with E-state index in [4.69, 9.17) is 0 Å². The van der Waals surface area contributed by atoms with Gasteiger partial charge in [-0.05, 0) is 38.1 Å². The first-order valence-electron chi connectivity index (χ1n) is 5.98. The van der Waals surface area contributed by atoms with Gasteiger partial charge in [0.1, 0.15) is 0 Å². The van der Waals surface area contributed by atoms with E-state index < -0.39 is 0 Å². The largest absolute Gasteiger partial charge is 0.393 e. The number of hydrogen-bond acceptors (Lipinski definition) is 4. The van der Waals surface area contributed by atoms with Crippen LogP contribution in [0.3, 0.4) is 0 Å². The fraction of sp³-hybridized carbons (Fsp3) is 0.818. The van der Waals surface area contributed by atoms with E-state index in [2.05, 4.69) is 15.6 Å². The normalized spacial score (nSPS) is 25.9. The van der Waals surface area contributed by atoms with E-state index in [0.717, 1.165) is 44.5 Å². The van der Waals surface area contributed by atoms with E-state index in [-0.39, 0.29) is 6.10 Å². The van der Waals surface area contributed by atoms with Crippen LogP contribution in [0, 0.1) is 5.92 Å². The Kier molecular flexibility index (Phi) is 3.90. The molecule has 1 fully saturated rings. The number of nitrogens with zero attached hydrogens (tertiary/aromatic N) is 3. The zero-order valence-corrected chi connectivity index (χ0v) is 9.76. The van der Waals surface area contributed by atoms with Crippen LogP contribution in [0.5, 0.6) is 0 Å². The Morgan fingerprint density at radius 3 is 2.81 bits per heavy atom. The molecule has 0 saturated heterocycles. The number of aliphatic hydroxyl groups is 1. The molecule has 1 aromatic rings. The van der Waals surface area contributed by atoms with Gasteiger partial charge in [0, 0.05) is 19.8 Å². The van der Waals surface area contributed by atoms with Crippen molar-refractivity contribution in [3.63, 3.8) is 0 Å². The topological polar surface area (TPSA) is 63.0 Å². The van der Waals surface area contributed by atoms with Crippen LogP contribution in [-0.4, -0.2) is 32.7 Å². The molecule has 5 heteroatoms. The first kappa shape index (κ1) is 11.5. The maximum absolute atomic E-state index is 9.39. The van der Waals surface area contributed by atoms with Gasteiger partial charge in [-0.2, -0.15) is 0 Å². The van der Waals surface area contributed by atoms with Crippen LogP contribution >= 0.6 is 0 Å². The molecule has 1 aromatic heterocycles. The van der Waals surface area contributed by atoms with Crippen molar-refractivity contribution in [3.05, 3.63) is 11.9 Å². The lowest BCUT2D eigenvalue weighted by atomic mass is 9.87. The number of aromatic nitrogens is 3. The van der Waals surface area contributed by atoms with Crippen LogP contribution in [0.4, 0.5) is 0 Å². The maximum atomic E-state index is 9.39. The Labute approximate surface area is 95.8 Å². The number of aliphatic hydroxyl groups excluding tert-OH is 1. The molecule has 1 aliphatic rings. The molecule has 0 radical (unpaired) electrons. The molecule has 90 valence electrons. The standard InChI is InChI=1S/C11H20N4O/c1-15-8-10(13-14-15)7-12-6-9-2-4-11(16)5-3-9/h8-9,11-12,16H,2-7H2,1H3. The van der Waals surface area contributed by atoms with E-state index in [0.29, 0.717) is 5.92 Å². The first-order valence-corrected chi connectivity index (χ1v) is 5.98. The van der Waals surface area contributed by atoms with Crippen LogP contribution in [0.25, 0.3) is 0 Å². The SMILES string of the molecule is Cn1cc(CNCC2CCC(O)CC2)nn1. The zero-order chi connectivity index (χ0) is 11.4. The third-order valence-electron chi connectivity index (χ3n) is 3.21. The average molecular weight is 224 g/mol. The average Bonchev–Trinajstić information content (AvgIpc) is 2.67. The summed E-state index contributed by atoms with van der Waals surface area (Å²) in [5, 5.41) is 20.7. The molecule has 16 heavy (non-hydrogen) atoms. The lowest BCUT2D eigenvalue weighted by Gasteiger charge is -2.25. The van der Waals surface area contributed by atoms with E-state index in [1.807, 2.05) is 13.2 Å². The molecule has 0 spiro atoms.